The van der Waals surface area contributed by atoms with Crippen molar-refractivity contribution in [2.45, 2.75) is 32.1 Å². The second-order valence-corrected chi connectivity index (χ2v) is 4.69. The van der Waals surface area contributed by atoms with Gasteiger partial charge in [-0.1, -0.05) is 6.92 Å². The second-order valence-electron chi connectivity index (χ2n) is 3.77. The van der Waals surface area contributed by atoms with E-state index in [2.05, 4.69) is 11.9 Å². The summed E-state index contributed by atoms with van der Waals surface area (Å²) in [6.45, 7) is 2.23. The molecule has 1 aromatic heterocycles. The number of hydrogen-bond donors (Lipinski definition) is 0. The molecular weight excluding hydrogens is 182 g/mol. The summed E-state index contributed by atoms with van der Waals surface area (Å²) < 4.78 is 0. The highest BCUT2D eigenvalue weighted by Crippen LogP contribution is 2.37. The Hall–Kier alpha value is -0.700. The van der Waals surface area contributed by atoms with Crippen molar-refractivity contribution >= 4 is 17.1 Å². The molecule has 0 spiro atoms. The van der Waals surface area contributed by atoms with Crippen molar-refractivity contribution in [2.24, 2.45) is 5.92 Å². The van der Waals surface area contributed by atoms with Gasteiger partial charge in [-0.15, -0.1) is 11.3 Å². The van der Waals surface area contributed by atoms with E-state index in [-0.39, 0.29) is 0 Å². The number of rotatable bonds is 1. The van der Waals surface area contributed by atoms with Crippen LogP contribution in [0.25, 0.3) is 0 Å². The topological polar surface area (TPSA) is 30.0 Å². The average Bonchev–Trinajstić information content (AvgIpc) is 2.61. The molecule has 0 amide bonds. The van der Waals surface area contributed by atoms with E-state index in [1.807, 2.05) is 11.7 Å². The summed E-state index contributed by atoms with van der Waals surface area (Å²) in [6, 6.07) is 0. The zero-order valence-electron chi connectivity index (χ0n) is 7.69. The van der Waals surface area contributed by atoms with Crippen LogP contribution in [0.5, 0.6) is 0 Å². The summed E-state index contributed by atoms with van der Waals surface area (Å²) in [4.78, 5) is 16.6. The van der Waals surface area contributed by atoms with Gasteiger partial charge in [-0.2, -0.15) is 0 Å². The van der Waals surface area contributed by atoms with E-state index < -0.39 is 0 Å². The van der Waals surface area contributed by atoms with E-state index >= 15 is 0 Å². The van der Waals surface area contributed by atoms with Gasteiger partial charge in [-0.3, -0.25) is 9.78 Å². The van der Waals surface area contributed by atoms with Gasteiger partial charge < -0.3 is 0 Å². The molecule has 1 fully saturated rings. The highest BCUT2D eigenvalue weighted by Gasteiger charge is 2.28. The van der Waals surface area contributed by atoms with Gasteiger partial charge in [-0.05, 0) is 12.3 Å². The molecule has 0 aliphatic heterocycles. The smallest absolute Gasteiger partial charge is 0.133 e. The van der Waals surface area contributed by atoms with Gasteiger partial charge in [0.1, 0.15) is 5.78 Å². The fourth-order valence-corrected chi connectivity index (χ4v) is 2.78. The van der Waals surface area contributed by atoms with Crippen molar-refractivity contribution < 1.29 is 4.79 Å². The molecule has 1 saturated carbocycles. The maximum absolute atomic E-state index is 11.3. The molecule has 2 rings (SSSR count). The Bertz CT molecular complexity index is 294. The van der Waals surface area contributed by atoms with Gasteiger partial charge in [0.15, 0.2) is 0 Å². The normalized spacial score (nSPS) is 29.2. The minimum absolute atomic E-state index is 0.413. The number of carbonyl (C=O) groups excluding carboxylic acids is 1. The molecule has 2 nitrogen and oxygen atoms in total. The number of hydrogen-bond acceptors (Lipinski definition) is 3. The molecular formula is C10H13NOS. The monoisotopic (exact) mass is 195 g/mol. The third-order valence-electron chi connectivity index (χ3n) is 2.83. The predicted octanol–water partition coefficient (Wildman–Crippen LogP) is 2.62. The summed E-state index contributed by atoms with van der Waals surface area (Å²) in [5.41, 5.74) is 1.85. The minimum atomic E-state index is 0.413. The Morgan fingerprint density at radius 3 is 3.15 bits per heavy atom. The molecule has 1 heterocycles. The Morgan fingerprint density at radius 1 is 1.62 bits per heavy atom. The maximum atomic E-state index is 11.3. The van der Waals surface area contributed by atoms with Crippen molar-refractivity contribution in [2.75, 3.05) is 0 Å². The minimum Gasteiger partial charge on any atom is -0.300 e. The van der Waals surface area contributed by atoms with E-state index in [0.29, 0.717) is 17.6 Å². The zero-order chi connectivity index (χ0) is 9.26. The predicted molar refractivity (Wildman–Crippen MR) is 52.9 cm³/mol. The van der Waals surface area contributed by atoms with Crippen LogP contribution in [0.15, 0.2) is 11.7 Å². The first-order valence-electron chi connectivity index (χ1n) is 4.67. The fourth-order valence-electron chi connectivity index (χ4n) is 1.93. The standard InChI is InChI=1S/C10H13NOS/c1-7-2-3-8(12)4-9(7)10-5-11-6-13-10/h5-7,9H,2-4H2,1H3. The summed E-state index contributed by atoms with van der Waals surface area (Å²) in [5, 5.41) is 0. The number of Topliss-reactive ketones (excluding diaryl/α,β-unsaturated/α-hetero) is 1. The van der Waals surface area contributed by atoms with Crippen LogP contribution < -0.4 is 0 Å². The molecule has 0 N–H and O–H groups in total. The molecule has 3 heteroatoms. The van der Waals surface area contributed by atoms with Crippen LogP contribution in [0.2, 0.25) is 0 Å². The first-order chi connectivity index (χ1) is 6.27. The van der Waals surface area contributed by atoms with Gasteiger partial charge >= 0.3 is 0 Å². The number of nitrogens with zero attached hydrogens (tertiary/aromatic N) is 1. The summed E-state index contributed by atoms with van der Waals surface area (Å²) >= 11 is 1.67. The molecule has 0 aromatic carbocycles. The van der Waals surface area contributed by atoms with Gasteiger partial charge in [0.2, 0.25) is 0 Å². The van der Waals surface area contributed by atoms with Crippen LogP contribution in [0, 0.1) is 5.92 Å². The molecule has 1 aromatic rings. The summed E-state index contributed by atoms with van der Waals surface area (Å²) in [5.74, 6) is 1.49. The van der Waals surface area contributed by atoms with E-state index in [1.54, 1.807) is 11.3 Å². The van der Waals surface area contributed by atoms with Crippen molar-refractivity contribution in [1.82, 2.24) is 4.98 Å². The molecule has 1 aliphatic carbocycles. The van der Waals surface area contributed by atoms with Crippen molar-refractivity contribution in [3.63, 3.8) is 0 Å². The maximum Gasteiger partial charge on any atom is 0.133 e. The Morgan fingerprint density at radius 2 is 2.46 bits per heavy atom. The largest absolute Gasteiger partial charge is 0.300 e. The van der Waals surface area contributed by atoms with Crippen LogP contribution in [-0.2, 0) is 4.79 Å². The summed E-state index contributed by atoms with van der Waals surface area (Å²) in [7, 11) is 0. The number of thiazole rings is 1. The fraction of sp³-hybridized carbons (Fsp3) is 0.600. The average molecular weight is 195 g/mol. The lowest BCUT2D eigenvalue weighted by Crippen LogP contribution is -2.20. The lowest BCUT2D eigenvalue weighted by molar-refractivity contribution is -0.121. The highest BCUT2D eigenvalue weighted by molar-refractivity contribution is 7.09. The number of aromatic nitrogens is 1. The molecule has 1 aliphatic rings. The molecule has 0 bridgehead atoms. The Labute approximate surface area is 82.0 Å². The molecule has 0 radical (unpaired) electrons. The Balaban J connectivity index is 2.17. The summed E-state index contributed by atoms with van der Waals surface area (Å²) in [6.07, 6.45) is 4.45. The molecule has 2 atom stereocenters. The van der Waals surface area contributed by atoms with E-state index in [0.717, 1.165) is 19.3 Å². The zero-order valence-corrected chi connectivity index (χ0v) is 8.51. The molecule has 13 heavy (non-hydrogen) atoms. The van der Waals surface area contributed by atoms with Crippen LogP contribution in [-0.4, -0.2) is 10.8 Å². The van der Waals surface area contributed by atoms with E-state index in [1.165, 1.54) is 4.88 Å². The van der Waals surface area contributed by atoms with Crippen molar-refractivity contribution in [1.29, 1.82) is 0 Å². The first-order valence-corrected chi connectivity index (χ1v) is 5.55. The van der Waals surface area contributed by atoms with Crippen molar-refractivity contribution in [3.8, 4) is 0 Å². The van der Waals surface area contributed by atoms with E-state index in [9.17, 15) is 4.79 Å². The first kappa shape index (κ1) is 8.88. The Kier molecular flexibility index (Phi) is 2.44. The van der Waals surface area contributed by atoms with Gasteiger partial charge in [0, 0.05) is 29.8 Å². The lowest BCUT2D eigenvalue weighted by atomic mass is 9.79. The van der Waals surface area contributed by atoms with Crippen molar-refractivity contribution in [3.05, 3.63) is 16.6 Å². The lowest BCUT2D eigenvalue weighted by Gasteiger charge is -2.26. The number of carbonyl (C=O) groups is 1. The molecule has 0 saturated heterocycles. The van der Waals surface area contributed by atoms with Crippen LogP contribution in [0.4, 0.5) is 0 Å². The number of ketones is 1. The van der Waals surface area contributed by atoms with Gasteiger partial charge in [0.25, 0.3) is 0 Å². The third-order valence-corrected chi connectivity index (χ3v) is 3.74. The van der Waals surface area contributed by atoms with Crippen LogP contribution in [0.1, 0.15) is 37.0 Å². The van der Waals surface area contributed by atoms with Crippen LogP contribution in [0.3, 0.4) is 0 Å². The van der Waals surface area contributed by atoms with Gasteiger partial charge in [-0.25, -0.2) is 0 Å². The van der Waals surface area contributed by atoms with Crippen LogP contribution >= 0.6 is 11.3 Å². The quantitative estimate of drug-likeness (QED) is 0.689. The van der Waals surface area contributed by atoms with E-state index in [4.69, 9.17) is 0 Å². The molecule has 2 unspecified atom stereocenters. The third kappa shape index (κ3) is 1.80. The second kappa shape index (κ2) is 3.58. The molecule has 70 valence electrons. The SMILES string of the molecule is CC1CCC(=O)CC1c1cncs1. The highest BCUT2D eigenvalue weighted by atomic mass is 32.1. The van der Waals surface area contributed by atoms with Gasteiger partial charge in [0.05, 0.1) is 5.51 Å².